The van der Waals surface area contributed by atoms with E-state index in [4.69, 9.17) is 0 Å². The van der Waals surface area contributed by atoms with E-state index in [2.05, 4.69) is 69.4 Å². The minimum atomic E-state index is 1.29. The van der Waals surface area contributed by atoms with E-state index in [0.717, 1.165) is 0 Å². The van der Waals surface area contributed by atoms with E-state index >= 15 is 0 Å². The van der Waals surface area contributed by atoms with Crippen molar-refractivity contribution in [2.24, 2.45) is 0 Å². The third kappa shape index (κ3) is 1.89. The van der Waals surface area contributed by atoms with Crippen LogP contribution in [0.4, 0.5) is 0 Å². The predicted octanol–water partition coefficient (Wildman–Crippen LogP) is 2.90. The summed E-state index contributed by atoms with van der Waals surface area (Å²) in [5.74, 6) is 0. The van der Waals surface area contributed by atoms with Crippen molar-refractivity contribution in [1.82, 2.24) is 0 Å². The van der Waals surface area contributed by atoms with Gasteiger partial charge in [-0.2, -0.15) is 0 Å². The molecule has 0 heterocycles. The highest BCUT2D eigenvalue weighted by Crippen LogP contribution is 2.07. The first-order chi connectivity index (χ1) is 3.79. The van der Waals surface area contributed by atoms with Gasteiger partial charge in [0.25, 0.3) is 0 Å². The Hall–Kier alpha value is 0.680. The summed E-state index contributed by atoms with van der Waals surface area (Å²) in [7, 11) is 0. The summed E-state index contributed by atoms with van der Waals surface area (Å²) in [6.07, 6.45) is 0. The fourth-order valence-corrected chi connectivity index (χ4v) is 1.15. The fourth-order valence-electron chi connectivity index (χ4n) is 0.430. The Morgan fingerprint density at radius 2 is 1.00 bits per heavy atom. The molecule has 0 aliphatic heterocycles. The maximum absolute atomic E-state index is 2.29. The lowest BCUT2D eigenvalue weighted by molar-refractivity contribution is 1.60. The molecule has 0 nitrogen and oxygen atoms in total. The zero-order valence-corrected chi connectivity index (χ0v) is 8.38. The first kappa shape index (κ1) is 6.80. The summed E-state index contributed by atoms with van der Waals surface area (Å²) in [5, 5.41) is 0. The first-order valence-electron chi connectivity index (χ1n) is 2.20. The standard InChI is InChI=1S/C6H4I2/c7-5-1-2-6(8)4-3-5/h1-4H/i1+1,2+1,3+1,4+1,5+1,6+1. The van der Waals surface area contributed by atoms with Gasteiger partial charge in [0.15, 0.2) is 0 Å². The third-order valence-electron chi connectivity index (χ3n) is 0.804. The van der Waals surface area contributed by atoms with Gasteiger partial charge in [-0.05, 0) is 69.4 Å². The van der Waals surface area contributed by atoms with Crippen molar-refractivity contribution < 1.29 is 0 Å². The molecule has 0 amide bonds. The molecule has 0 aliphatic rings. The van der Waals surface area contributed by atoms with Crippen LogP contribution in [-0.4, -0.2) is 0 Å². The highest BCUT2D eigenvalue weighted by Gasteiger charge is 1.82. The summed E-state index contributed by atoms with van der Waals surface area (Å²) in [6, 6.07) is 8.40. The van der Waals surface area contributed by atoms with Gasteiger partial charge in [-0.15, -0.1) is 0 Å². The van der Waals surface area contributed by atoms with E-state index in [1.165, 1.54) is 7.14 Å². The molecule has 1 aromatic rings. The molecule has 1 aromatic carbocycles. The van der Waals surface area contributed by atoms with Crippen LogP contribution >= 0.6 is 45.2 Å². The molecule has 0 unspecified atom stereocenters. The van der Waals surface area contributed by atoms with Crippen molar-refractivity contribution in [3.05, 3.63) is 31.4 Å². The molecule has 2 heteroatoms. The Bertz CT molecular complexity index is 145. The zero-order chi connectivity index (χ0) is 5.98. The molecule has 0 N–H and O–H groups in total. The topological polar surface area (TPSA) is 0 Å². The number of halogens is 2. The largest absolute Gasteiger partial charge is 0.0478 e. The molecule has 0 bridgehead atoms. The molecule has 0 aromatic heterocycles. The van der Waals surface area contributed by atoms with E-state index in [9.17, 15) is 0 Å². The smallest absolute Gasteiger partial charge is 0.0131 e. The van der Waals surface area contributed by atoms with E-state index in [0.29, 0.717) is 0 Å². The van der Waals surface area contributed by atoms with Gasteiger partial charge in [0.1, 0.15) is 0 Å². The summed E-state index contributed by atoms with van der Waals surface area (Å²) >= 11 is 4.59. The summed E-state index contributed by atoms with van der Waals surface area (Å²) in [6.45, 7) is 0. The molecule has 42 valence electrons. The molecule has 0 saturated carbocycles. The van der Waals surface area contributed by atoms with Gasteiger partial charge < -0.3 is 0 Å². The quantitative estimate of drug-likeness (QED) is 0.640. The molecule has 8 heavy (non-hydrogen) atoms. The summed E-state index contributed by atoms with van der Waals surface area (Å²) in [5.41, 5.74) is 0. The SMILES string of the molecule is I[13c]1[13cH][13cH][13c](I)[13cH][13cH]1. The lowest BCUT2D eigenvalue weighted by Gasteiger charge is -1.87. The fraction of sp³-hybridized carbons (Fsp3) is 0. The maximum Gasteiger partial charge on any atom is 0.0131 e. The van der Waals surface area contributed by atoms with Crippen molar-refractivity contribution in [3.63, 3.8) is 0 Å². The van der Waals surface area contributed by atoms with Crippen molar-refractivity contribution in [2.75, 3.05) is 0 Å². The van der Waals surface area contributed by atoms with Gasteiger partial charge in [-0.3, -0.25) is 0 Å². The van der Waals surface area contributed by atoms with Crippen LogP contribution < -0.4 is 0 Å². The minimum Gasteiger partial charge on any atom is -0.0478 e. The molecule has 0 saturated heterocycles. The van der Waals surface area contributed by atoms with Crippen LogP contribution in [0.1, 0.15) is 0 Å². The Kier molecular flexibility index (Phi) is 2.55. The molecular formula is C6H4I2. The second-order valence-electron chi connectivity index (χ2n) is 1.44. The Morgan fingerprint density at radius 3 is 1.25 bits per heavy atom. The second kappa shape index (κ2) is 3.00. The van der Waals surface area contributed by atoms with Crippen molar-refractivity contribution in [3.8, 4) is 0 Å². The number of benzene rings is 1. The van der Waals surface area contributed by atoms with Crippen LogP contribution in [0.5, 0.6) is 0 Å². The van der Waals surface area contributed by atoms with Gasteiger partial charge in [0.05, 0.1) is 0 Å². The van der Waals surface area contributed by atoms with Crippen LogP contribution in [-0.2, 0) is 0 Å². The monoisotopic (exact) mass is 336 g/mol. The van der Waals surface area contributed by atoms with E-state index in [1.807, 2.05) is 0 Å². The maximum atomic E-state index is 2.29. The molecule has 0 atom stereocenters. The predicted molar refractivity (Wildman–Crippen MR) is 51.9 cm³/mol. The molecule has 0 spiro atoms. The van der Waals surface area contributed by atoms with Gasteiger partial charge in [0.2, 0.25) is 0 Å². The van der Waals surface area contributed by atoms with Crippen LogP contribution in [0.15, 0.2) is 24.3 Å². The number of hydrogen-bond acceptors (Lipinski definition) is 0. The first-order valence-corrected chi connectivity index (χ1v) is 4.36. The molecule has 0 fully saturated rings. The highest BCUT2D eigenvalue weighted by atomic mass is 127. The number of rotatable bonds is 0. The average molecular weight is 336 g/mol. The van der Waals surface area contributed by atoms with E-state index in [-0.39, 0.29) is 0 Å². The van der Waals surface area contributed by atoms with Gasteiger partial charge >= 0.3 is 0 Å². The van der Waals surface area contributed by atoms with Crippen LogP contribution in [0.3, 0.4) is 0 Å². The van der Waals surface area contributed by atoms with Crippen molar-refractivity contribution >= 4 is 45.2 Å². The lowest BCUT2D eigenvalue weighted by atomic mass is 11.4. The second-order valence-corrected chi connectivity index (χ2v) is 3.93. The van der Waals surface area contributed by atoms with Crippen LogP contribution in [0.2, 0.25) is 0 Å². The molecule has 1 rings (SSSR count). The highest BCUT2D eigenvalue weighted by molar-refractivity contribution is 14.1. The summed E-state index contributed by atoms with van der Waals surface area (Å²) in [4.78, 5) is 0. The van der Waals surface area contributed by atoms with Gasteiger partial charge in [-0.25, -0.2) is 0 Å². The molecule has 0 radical (unpaired) electrons. The molecular weight excluding hydrogens is 332 g/mol. The average Bonchev–Trinajstić information content (AvgIpc) is 1.77. The lowest BCUT2D eigenvalue weighted by Crippen LogP contribution is -1.68. The molecule has 0 aliphatic carbocycles. The number of hydrogen-bond donors (Lipinski definition) is 0. The van der Waals surface area contributed by atoms with Crippen molar-refractivity contribution in [2.45, 2.75) is 0 Å². The Labute approximate surface area is 76.0 Å². The van der Waals surface area contributed by atoms with Crippen LogP contribution in [0.25, 0.3) is 0 Å². The minimum absolute atomic E-state index is 1.29. The van der Waals surface area contributed by atoms with Crippen molar-refractivity contribution in [1.29, 1.82) is 0 Å². The Balaban J connectivity index is 3.03. The van der Waals surface area contributed by atoms with Crippen LogP contribution in [0, 0.1) is 7.14 Å². The van der Waals surface area contributed by atoms with Gasteiger partial charge in [-0.1, -0.05) is 0 Å². The zero-order valence-electron chi connectivity index (χ0n) is 4.07. The van der Waals surface area contributed by atoms with Gasteiger partial charge in [0, 0.05) is 7.14 Å². The van der Waals surface area contributed by atoms with E-state index < -0.39 is 0 Å². The summed E-state index contributed by atoms with van der Waals surface area (Å²) < 4.78 is 2.59. The Morgan fingerprint density at radius 1 is 0.750 bits per heavy atom. The van der Waals surface area contributed by atoms with E-state index in [1.54, 1.807) is 0 Å². The third-order valence-corrected chi connectivity index (χ3v) is 2.24. The normalized spacial score (nSPS) is 9.25.